The van der Waals surface area contributed by atoms with Gasteiger partial charge in [0, 0.05) is 31.6 Å². The Bertz CT molecular complexity index is 701. The number of piperidine rings is 1. The second kappa shape index (κ2) is 8.98. The number of hydrogen-bond acceptors (Lipinski definition) is 4. The number of carbonyl (C=O) groups excluding carboxylic acids is 1. The minimum absolute atomic E-state index is 0. The highest BCUT2D eigenvalue weighted by molar-refractivity contribution is 7.89. The fraction of sp³-hybridized carbons (Fsp3) is 0.588. The van der Waals surface area contributed by atoms with Crippen molar-refractivity contribution in [1.29, 1.82) is 0 Å². The number of halogens is 1. The van der Waals surface area contributed by atoms with Gasteiger partial charge in [-0.25, -0.2) is 8.42 Å². The maximum atomic E-state index is 12.8. The van der Waals surface area contributed by atoms with Crippen LogP contribution in [0.2, 0.25) is 0 Å². The van der Waals surface area contributed by atoms with E-state index in [9.17, 15) is 13.2 Å². The smallest absolute Gasteiger partial charge is 0.243 e. The number of sulfonamides is 1. The van der Waals surface area contributed by atoms with E-state index in [4.69, 9.17) is 5.73 Å². The Balaban J connectivity index is 0.00000312. The summed E-state index contributed by atoms with van der Waals surface area (Å²) in [4.78, 5) is 12.5. The number of amides is 1. The summed E-state index contributed by atoms with van der Waals surface area (Å²) in [5.74, 6) is -0.180. The molecule has 1 aromatic rings. The van der Waals surface area contributed by atoms with Crippen molar-refractivity contribution in [2.24, 2.45) is 11.7 Å². The molecule has 0 saturated carbocycles. The van der Waals surface area contributed by atoms with E-state index in [0.717, 1.165) is 11.1 Å². The Labute approximate surface area is 156 Å². The third kappa shape index (κ3) is 5.17. The van der Waals surface area contributed by atoms with Crippen LogP contribution >= 0.6 is 12.4 Å². The summed E-state index contributed by atoms with van der Waals surface area (Å²) >= 11 is 0. The lowest BCUT2D eigenvalue weighted by atomic mass is 9.97. The zero-order valence-electron chi connectivity index (χ0n) is 15.0. The molecule has 142 valence electrons. The van der Waals surface area contributed by atoms with Gasteiger partial charge in [-0.1, -0.05) is 17.7 Å². The van der Waals surface area contributed by atoms with Crippen LogP contribution in [-0.4, -0.2) is 44.3 Å². The number of nitrogens with zero attached hydrogens (tertiary/aromatic N) is 1. The van der Waals surface area contributed by atoms with Crippen molar-refractivity contribution in [3.63, 3.8) is 0 Å². The van der Waals surface area contributed by atoms with Crippen molar-refractivity contribution < 1.29 is 13.2 Å². The Kier molecular flexibility index (Phi) is 7.87. The molecule has 1 fully saturated rings. The first-order valence-electron chi connectivity index (χ1n) is 8.33. The van der Waals surface area contributed by atoms with Crippen LogP contribution in [0.3, 0.4) is 0 Å². The molecule has 1 heterocycles. The minimum Gasteiger partial charge on any atom is -0.352 e. The van der Waals surface area contributed by atoms with Crippen LogP contribution in [0.5, 0.6) is 0 Å². The van der Waals surface area contributed by atoms with E-state index in [1.807, 2.05) is 32.9 Å². The monoisotopic (exact) mass is 389 g/mol. The molecule has 0 spiro atoms. The number of carbonyl (C=O) groups is 1. The second-order valence-corrected chi connectivity index (χ2v) is 8.50. The molecule has 6 nitrogen and oxygen atoms in total. The van der Waals surface area contributed by atoms with Crippen molar-refractivity contribution >= 4 is 28.3 Å². The van der Waals surface area contributed by atoms with E-state index in [1.165, 1.54) is 4.31 Å². The standard InChI is InChI=1S/C17H27N3O3S.ClH/c1-12-4-5-16(13(2)10-12)24(22,23)20-8-6-15(7-9-20)17(21)19-14(3)11-18;/h4-5,10,14-15H,6-9,11,18H2,1-3H3,(H,19,21);1H/t14-;/m0./s1. The van der Waals surface area contributed by atoms with Gasteiger partial charge in [-0.15, -0.1) is 12.4 Å². The summed E-state index contributed by atoms with van der Waals surface area (Å²) in [6.45, 7) is 6.74. The largest absolute Gasteiger partial charge is 0.352 e. The van der Waals surface area contributed by atoms with Gasteiger partial charge < -0.3 is 11.1 Å². The first kappa shape index (κ1) is 21.9. The lowest BCUT2D eigenvalue weighted by molar-refractivity contribution is -0.126. The van der Waals surface area contributed by atoms with Crippen LogP contribution in [0, 0.1) is 19.8 Å². The van der Waals surface area contributed by atoms with Gasteiger partial charge >= 0.3 is 0 Å². The molecule has 0 bridgehead atoms. The van der Waals surface area contributed by atoms with E-state index in [0.29, 0.717) is 37.4 Å². The lowest BCUT2D eigenvalue weighted by Crippen LogP contribution is -2.46. The third-order valence-electron chi connectivity index (χ3n) is 4.52. The van der Waals surface area contributed by atoms with Crippen LogP contribution in [0.25, 0.3) is 0 Å². The molecular formula is C17H28ClN3O3S. The molecule has 25 heavy (non-hydrogen) atoms. The van der Waals surface area contributed by atoms with Crippen LogP contribution in [-0.2, 0) is 14.8 Å². The number of nitrogens with one attached hydrogen (secondary N) is 1. The highest BCUT2D eigenvalue weighted by Crippen LogP contribution is 2.26. The molecule has 2 rings (SSSR count). The number of hydrogen-bond donors (Lipinski definition) is 2. The summed E-state index contributed by atoms with van der Waals surface area (Å²) < 4.78 is 27.1. The van der Waals surface area contributed by atoms with E-state index in [1.54, 1.807) is 6.07 Å². The van der Waals surface area contributed by atoms with Gasteiger partial charge in [0.1, 0.15) is 0 Å². The molecule has 1 aliphatic heterocycles. The number of aryl methyl sites for hydroxylation is 2. The van der Waals surface area contributed by atoms with E-state index >= 15 is 0 Å². The Hall–Kier alpha value is -1.15. The molecule has 8 heteroatoms. The molecule has 1 amide bonds. The van der Waals surface area contributed by atoms with Gasteiger partial charge in [0.2, 0.25) is 15.9 Å². The molecule has 1 aromatic carbocycles. The first-order valence-corrected chi connectivity index (χ1v) is 9.77. The maximum Gasteiger partial charge on any atom is 0.243 e. The lowest BCUT2D eigenvalue weighted by Gasteiger charge is -2.31. The summed E-state index contributed by atoms with van der Waals surface area (Å²) in [6.07, 6.45) is 1.07. The Morgan fingerprint density at radius 3 is 2.44 bits per heavy atom. The topological polar surface area (TPSA) is 92.5 Å². The predicted octanol–water partition coefficient (Wildman–Crippen LogP) is 1.59. The minimum atomic E-state index is -3.50. The first-order chi connectivity index (χ1) is 11.3. The van der Waals surface area contributed by atoms with Crippen LogP contribution in [0.15, 0.2) is 23.1 Å². The SMILES string of the molecule is Cc1ccc(S(=O)(=O)N2CCC(C(=O)N[C@@H](C)CN)CC2)c(C)c1.Cl. The number of rotatable bonds is 5. The summed E-state index contributed by atoms with van der Waals surface area (Å²) in [5.41, 5.74) is 7.31. The molecule has 1 atom stereocenters. The normalized spacial score (nSPS) is 17.6. The Morgan fingerprint density at radius 1 is 1.32 bits per heavy atom. The zero-order valence-corrected chi connectivity index (χ0v) is 16.6. The molecule has 1 saturated heterocycles. The van der Waals surface area contributed by atoms with Gasteiger partial charge in [-0.3, -0.25) is 4.79 Å². The van der Waals surface area contributed by atoms with E-state index < -0.39 is 10.0 Å². The van der Waals surface area contributed by atoms with Gasteiger partial charge in [0.05, 0.1) is 4.90 Å². The molecular weight excluding hydrogens is 362 g/mol. The molecule has 3 N–H and O–H groups in total. The van der Waals surface area contributed by atoms with E-state index in [2.05, 4.69) is 5.32 Å². The van der Waals surface area contributed by atoms with Gasteiger partial charge in [-0.2, -0.15) is 4.31 Å². The van der Waals surface area contributed by atoms with Crippen molar-refractivity contribution in [2.45, 2.75) is 44.6 Å². The fourth-order valence-electron chi connectivity index (χ4n) is 3.01. The molecule has 0 unspecified atom stereocenters. The summed E-state index contributed by atoms with van der Waals surface area (Å²) in [7, 11) is -3.50. The molecule has 1 aliphatic rings. The quantitative estimate of drug-likeness (QED) is 0.799. The fourth-order valence-corrected chi connectivity index (χ4v) is 4.68. The van der Waals surface area contributed by atoms with Crippen molar-refractivity contribution in [3.8, 4) is 0 Å². The maximum absolute atomic E-state index is 12.8. The van der Waals surface area contributed by atoms with Gasteiger partial charge in [-0.05, 0) is 45.2 Å². The predicted molar refractivity (Wildman–Crippen MR) is 101 cm³/mol. The van der Waals surface area contributed by atoms with Crippen LogP contribution in [0.1, 0.15) is 30.9 Å². The molecule has 0 radical (unpaired) electrons. The van der Waals surface area contributed by atoms with Crippen LogP contribution in [0.4, 0.5) is 0 Å². The number of benzene rings is 1. The Morgan fingerprint density at radius 2 is 1.92 bits per heavy atom. The van der Waals surface area contributed by atoms with Crippen molar-refractivity contribution in [1.82, 2.24) is 9.62 Å². The third-order valence-corrected chi connectivity index (χ3v) is 6.57. The van der Waals surface area contributed by atoms with Gasteiger partial charge in [0.25, 0.3) is 0 Å². The molecule has 0 aliphatic carbocycles. The second-order valence-electron chi connectivity index (χ2n) is 6.59. The summed E-state index contributed by atoms with van der Waals surface area (Å²) in [5, 5.41) is 2.87. The van der Waals surface area contributed by atoms with Crippen molar-refractivity contribution in [3.05, 3.63) is 29.3 Å². The van der Waals surface area contributed by atoms with E-state index in [-0.39, 0.29) is 30.3 Å². The van der Waals surface area contributed by atoms with Crippen molar-refractivity contribution in [2.75, 3.05) is 19.6 Å². The average Bonchev–Trinajstić information content (AvgIpc) is 2.54. The highest BCUT2D eigenvalue weighted by atomic mass is 35.5. The molecule has 0 aromatic heterocycles. The number of nitrogens with two attached hydrogens (primary N) is 1. The average molecular weight is 390 g/mol. The van der Waals surface area contributed by atoms with Crippen LogP contribution < -0.4 is 11.1 Å². The highest BCUT2D eigenvalue weighted by Gasteiger charge is 2.32. The summed E-state index contributed by atoms with van der Waals surface area (Å²) in [6, 6.07) is 5.30. The van der Waals surface area contributed by atoms with Gasteiger partial charge in [0.15, 0.2) is 0 Å². The zero-order chi connectivity index (χ0) is 17.9.